The Morgan fingerprint density at radius 2 is 1.95 bits per heavy atom. The summed E-state index contributed by atoms with van der Waals surface area (Å²) in [4.78, 5) is 15.7. The first-order chi connectivity index (χ1) is 9.16. The summed E-state index contributed by atoms with van der Waals surface area (Å²) in [5.41, 5.74) is 4.38. The van der Waals surface area contributed by atoms with Gasteiger partial charge in [-0.2, -0.15) is 5.10 Å². The number of benzene rings is 1. The average Bonchev–Trinajstić information content (AvgIpc) is 2.46. The van der Waals surface area contributed by atoms with Crippen molar-refractivity contribution in [1.82, 2.24) is 10.4 Å². The van der Waals surface area contributed by atoms with Crippen molar-refractivity contribution in [3.05, 3.63) is 64.9 Å². The maximum absolute atomic E-state index is 11.7. The normalized spacial score (nSPS) is 11.2. The number of carbonyl (C=O) groups is 1. The number of amides is 1. The Bertz CT molecular complexity index is 594. The maximum Gasteiger partial charge on any atom is 0.289 e. The summed E-state index contributed by atoms with van der Waals surface area (Å²) in [6, 6.07) is 12.4. The number of pyridine rings is 1. The van der Waals surface area contributed by atoms with E-state index in [-0.39, 0.29) is 5.91 Å². The molecule has 0 aliphatic heterocycles. The molecule has 0 atom stereocenters. The van der Waals surface area contributed by atoms with Gasteiger partial charge in [0, 0.05) is 11.2 Å². The summed E-state index contributed by atoms with van der Waals surface area (Å²) in [7, 11) is 0. The SMILES string of the molecule is C/C(=N\NC(=O)c1ccccn1)c1ccc(Cl)cc1. The number of nitrogens with zero attached hydrogens (tertiary/aromatic N) is 2. The molecular weight excluding hydrogens is 262 g/mol. The number of aromatic nitrogens is 1. The lowest BCUT2D eigenvalue weighted by Crippen LogP contribution is -2.20. The third-order valence-corrected chi connectivity index (χ3v) is 2.74. The summed E-state index contributed by atoms with van der Waals surface area (Å²) >= 11 is 5.81. The van der Waals surface area contributed by atoms with Crippen LogP contribution in [-0.4, -0.2) is 16.6 Å². The van der Waals surface area contributed by atoms with E-state index in [1.807, 2.05) is 19.1 Å². The monoisotopic (exact) mass is 273 g/mol. The predicted octanol–water partition coefficient (Wildman–Crippen LogP) is 2.89. The molecule has 5 heteroatoms. The van der Waals surface area contributed by atoms with Crippen LogP contribution in [0.5, 0.6) is 0 Å². The Morgan fingerprint density at radius 1 is 1.21 bits per heavy atom. The van der Waals surface area contributed by atoms with Crippen LogP contribution in [0.4, 0.5) is 0 Å². The fourth-order valence-corrected chi connectivity index (χ4v) is 1.57. The van der Waals surface area contributed by atoms with E-state index in [9.17, 15) is 4.79 Å². The summed E-state index contributed by atoms with van der Waals surface area (Å²) < 4.78 is 0. The molecule has 0 fully saturated rings. The molecule has 1 heterocycles. The molecule has 96 valence electrons. The quantitative estimate of drug-likeness (QED) is 0.690. The molecule has 0 spiro atoms. The van der Waals surface area contributed by atoms with E-state index in [2.05, 4.69) is 15.5 Å². The Hall–Kier alpha value is -2.20. The van der Waals surface area contributed by atoms with Gasteiger partial charge >= 0.3 is 0 Å². The van der Waals surface area contributed by atoms with E-state index in [1.165, 1.54) is 0 Å². The summed E-state index contributed by atoms with van der Waals surface area (Å²) in [6.45, 7) is 1.81. The minimum Gasteiger partial charge on any atom is -0.266 e. The fraction of sp³-hybridized carbons (Fsp3) is 0.0714. The van der Waals surface area contributed by atoms with E-state index in [0.29, 0.717) is 16.4 Å². The van der Waals surface area contributed by atoms with Gasteiger partial charge in [0.25, 0.3) is 5.91 Å². The molecule has 2 rings (SSSR count). The average molecular weight is 274 g/mol. The third-order valence-electron chi connectivity index (χ3n) is 2.48. The Kier molecular flexibility index (Phi) is 4.26. The van der Waals surface area contributed by atoms with Crippen molar-refractivity contribution < 1.29 is 4.79 Å². The van der Waals surface area contributed by atoms with Crippen molar-refractivity contribution in [1.29, 1.82) is 0 Å². The highest BCUT2D eigenvalue weighted by Gasteiger charge is 2.05. The van der Waals surface area contributed by atoms with Gasteiger partial charge in [0.2, 0.25) is 0 Å². The van der Waals surface area contributed by atoms with Gasteiger partial charge in [-0.15, -0.1) is 0 Å². The second-order valence-corrected chi connectivity index (χ2v) is 4.30. The summed E-state index contributed by atoms with van der Waals surface area (Å²) in [5, 5.41) is 4.70. The van der Waals surface area contributed by atoms with Crippen LogP contribution in [-0.2, 0) is 0 Å². The maximum atomic E-state index is 11.7. The van der Waals surface area contributed by atoms with E-state index in [4.69, 9.17) is 11.6 Å². The molecule has 0 saturated carbocycles. The number of nitrogens with one attached hydrogen (secondary N) is 1. The molecule has 1 aromatic heterocycles. The highest BCUT2D eigenvalue weighted by Crippen LogP contribution is 2.10. The zero-order valence-corrected chi connectivity index (χ0v) is 11.1. The van der Waals surface area contributed by atoms with Crippen LogP contribution < -0.4 is 5.43 Å². The lowest BCUT2D eigenvalue weighted by Gasteiger charge is -2.02. The molecule has 0 saturated heterocycles. The number of hydrazone groups is 1. The van der Waals surface area contributed by atoms with Crippen LogP contribution >= 0.6 is 11.6 Å². The molecule has 1 amide bonds. The number of hydrogen-bond acceptors (Lipinski definition) is 3. The zero-order chi connectivity index (χ0) is 13.7. The van der Waals surface area contributed by atoms with E-state index in [0.717, 1.165) is 5.56 Å². The van der Waals surface area contributed by atoms with Gasteiger partial charge in [-0.05, 0) is 36.8 Å². The van der Waals surface area contributed by atoms with Gasteiger partial charge in [0.15, 0.2) is 0 Å². The molecular formula is C14H12ClN3O. The van der Waals surface area contributed by atoms with Crippen LogP contribution in [0.25, 0.3) is 0 Å². The molecule has 4 nitrogen and oxygen atoms in total. The van der Waals surface area contributed by atoms with Crippen LogP contribution in [0.3, 0.4) is 0 Å². The second kappa shape index (κ2) is 6.11. The molecule has 2 aromatic rings. The second-order valence-electron chi connectivity index (χ2n) is 3.86. The van der Waals surface area contributed by atoms with Crippen molar-refractivity contribution in [3.63, 3.8) is 0 Å². The molecule has 1 aromatic carbocycles. The van der Waals surface area contributed by atoms with Crippen LogP contribution in [0.1, 0.15) is 23.0 Å². The topological polar surface area (TPSA) is 54.4 Å². The van der Waals surface area contributed by atoms with Gasteiger partial charge in [-0.1, -0.05) is 29.8 Å². The van der Waals surface area contributed by atoms with Crippen molar-refractivity contribution in [2.45, 2.75) is 6.92 Å². The zero-order valence-electron chi connectivity index (χ0n) is 10.3. The van der Waals surface area contributed by atoms with Crippen LogP contribution in [0, 0.1) is 0 Å². The van der Waals surface area contributed by atoms with Crippen LogP contribution in [0.2, 0.25) is 5.02 Å². The Labute approximate surface area is 116 Å². The van der Waals surface area contributed by atoms with Crippen molar-refractivity contribution in [2.75, 3.05) is 0 Å². The number of carbonyl (C=O) groups excluding carboxylic acids is 1. The van der Waals surface area contributed by atoms with Crippen molar-refractivity contribution >= 4 is 23.2 Å². The minimum atomic E-state index is -0.339. The van der Waals surface area contributed by atoms with Crippen molar-refractivity contribution in [3.8, 4) is 0 Å². The molecule has 0 unspecified atom stereocenters. The molecule has 19 heavy (non-hydrogen) atoms. The number of hydrogen-bond donors (Lipinski definition) is 1. The molecule has 0 aliphatic rings. The lowest BCUT2D eigenvalue weighted by atomic mass is 10.1. The molecule has 1 N–H and O–H groups in total. The highest BCUT2D eigenvalue weighted by atomic mass is 35.5. The Balaban J connectivity index is 2.06. The van der Waals surface area contributed by atoms with E-state index in [1.54, 1.807) is 36.5 Å². The van der Waals surface area contributed by atoms with Crippen LogP contribution in [0.15, 0.2) is 53.8 Å². The number of halogens is 1. The van der Waals surface area contributed by atoms with Gasteiger partial charge in [0.05, 0.1) is 5.71 Å². The number of rotatable bonds is 3. The van der Waals surface area contributed by atoms with Crippen molar-refractivity contribution in [2.24, 2.45) is 5.10 Å². The van der Waals surface area contributed by atoms with Gasteiger partial charge in [0.1, 0.15) is 5.69 Å². The van der Waals surface area contributed by atoms with Gasteiger partial charge in [-0.25, -0.2) is 5.43 Å². The largest absolute Gasteiger partial charge is 0.289 e. The summed E-state index contributed by atoms with van der Waals surface area (Å²) in [6.07, 6.45) is 1.56. The lowest BCUT2D eigenvalue weighted by molar-refractivity contribution is 0.0950. The Morgan fingerprint density at radius 3 is 2.58 bits per heavy atom. The molecule has 0 radical (unpaired) electrons. The standard InChI is InChI=1S/C14H12ClN3O/c1-10(11-5-7-12(15)8-6-11)17-18-14(19)13-4-2-3-9-16-13/h2-9H,1H3,(H,18,19)/b17-10+. The first kappa shape index (κ1) is 13.2. The van der Waals surface area contributed by atoms with Gasteiger partial charge < -0.3 is 0 Å². The van der Waals surface area contributed by atoms with E-state index < -0.39 is 0 Å². The smallest absolute Gasteiger partial charge is 0.266 e. The first-order valence-corrected chi connectivity index (χ1v) is 6.06. The summed E-state index contributed by atoms with van der Waals surface area (Å²) in [5.74, 6) is -0.339. The molecule has 0 aliphatic carbocycles. The van der Waals surface area contributed by atoms with E-state index >= 15 is 0 Å². The molecule has 0 bridgehead atoms. The predicted molar refractivity (Wildman–Crippen MR) is 75.4 cm³/mol. The first-order valence-electron chi connectivity index (χ1n) is 5.68. The van der Waals surface area contributed by atoms with Gasteiger partial charge in [-0.3, -0.25) is 9.78 Å². The fourth-order valence-electron chi connectivity index (χ4n) is 1.44. The highest BCUT2D eigenvalue weighted by molar-refractivity contribution is 6.30. The third kappa shape index (κ3) is 3.63. The minimum absolute atomic E-state index is 0.329.